The van der Waals surface area contributed by atoms with E-state index in [1.165, 1.54) is 28.5 Å². The first-order chi connectivity index (χ1) is 14.7. The number of piperidine rings is 1. The number of amides is 2. The molecule has 2 aliphatic rings. The second-order valence-electron chi connectivity index (χ2n) is 8.97. The molecule has 1 aliphatic carbocycles. The third-order valence-corrected chi connectivity index (χ3v) is 7.12. The predicted molar refractivity (Wildman–Crippen MR) is 120 cm³/mol. The molecule has 2 N–H and O–H groups in total. The van der Waals surface area contributed by atoms with Gasteiger partial charge in [0, 0.05) is 49.1 Å². The van der Waals surface area contributed by atoms with E-state index in [1.54, 1.807) is 0 Å². The lowest BCUT2D eigenvalue weighted by atomic mass is 9.88. The molecular weight excluding hydrogens is 374 g/mol. The Bertz CT molecular complexity index is 874. The summed E-state index contributed by atoms with van der Waals surface area (Å²) < 4.78 is 0. The van der Waals surface area contributed by atoms with Crippen molar-refractivity contribution in [2.24, 2.45) is 5.92 Å². The Morgan fingerprint density at radius 1 is 1.10 bits per heavy atom. The number of aromatic amines is 1. The second kappa shape index (κ2) is 9.67. The minimum atomic E-state index is 0.145. The Morgan fingerprint density at radius 3 is 2.60 bits per heavy atom. The summed E-state index contributed by atoms with van der Waals surface area (Å²) in [5, 5.41) is 4.33. The number of carbonyl (C=O) groups is 2. The number of nitrogens with one attached hydrogen (secondary N) is 2. The molecule has 1 saturated carbocycles. The molecule has 5 heteroatoms. The monoisotopic (exact) mass is 409 g/mol. The van der Waals surface area contributed by atoms with Gasteiger partial charge in [-0.3, -0.25) is 9.59 Å². The normalized spacial score (nSPS) is 18.6. The highest BCUT2D eigenvalue weighted by Gasteiger charge is 2.26. The van der Waals surface area contributed by atoms with E-state index < -0.39 is 0 Å². The van der Waals surface area contributed by atoms with Gasteiger partial charge in [0.2, 0.25) is 11.8 Å². The van der Waals surface area contributed by atoms with E-state index in [-0.39, 0.29) is 17.7 Å². The predicted octanol–water partition coefficient (Wildman–Crippen LogP) is 4.52. The maximum absolute atomic E-state index is 12.6. The van der Waals surface area contributed by atoms with E-state index in [2.05, 4.69) is 41.6 Å². The number of fused-ring (bicyclic) bond motifs is 1. The Hall–Kier alpha value is -2.30. The topological polar surface area (TPSA) is 65.2 Å². The molecule has 1 saturated heterocycles. The molecule has 0 bridgehead atoms. The average molecular weight is 410 g/mol. The molecule has 2 fully saturated rings. The van der Waals surface area contributed by atoms with E-state index in [9.17, 15) is 9.59 Å². The minimum absolute atomic E-state index is 0.145. The van der Waals surface area contributed by atoms with Crippen LogP contribution in [-0.2, 0) is 16.0 Å². The van der Waals surface area contributed by atoms with Gasteiger partial charge < -0.3 is 15.2 Å². The SMILES string of the molecule is CCc1cccc2c(C3CCN(C(=O)CCNC(=O)C4CCCCC4)CC3)c[nH]c12. The quantitative estimate of drug-likeness (QED) is 0.736. The van der Waals surface area contributed by atoms with Crippen molar-refractivity contribution < 1.29 is 9.59 Å². The van der Waals surface area contributed by atoms with E-state index in [4.69, 9.17) is 0 Å². The molecule has 1 aromatic carbocycles. The van der Waals surface area contributed by atoms with Gasteiger partial charge in [-0.05, 0) is 49.1 Å². The van der Waals surface area contributed by atoms with Crippen molar-refractivity contribution in [2.75, 3.05) is 19.6 Å². The second-order valence-corrected chi connectivity index (χ2v) is 8.97. The number of hydrogen-bond acceptors (Lipinski definition) is 2. The van der Waals surface area contributed by atoms with Gasteiger partial charge in [0.05, 0.1) is 0 Å². The van der Waals surface area contributed by atoms with Crippen molar-refractivity contribution in [1.82, 2.24) is 15.2 Å². The van der Waals surface area contributed by atoms with Crippen LogP contribution in [0.5, 0.6) is 0 Å². The van der Waals surface area contributed by atoms with Gasteiger partial charge in [-0.15, -0.1) is 0 Å². The lowest BCUT2D eigenvalue weighted by Crippen LogP contribution is -2.40. The number of H-pyrrole nitrogens is 1. The Morgan fingerprint density at radius 2 is 1.87 bits per heavy atom. The highest BCUT2D eigenvalue weighted by molar-refractivity contribution is 5.86. The van der Waals surface area contributed by atoms with Crippen molar-refractivity contribution >= 4 is 22.7 Å². The van der Waals surface area contributed by atoms with Gasteiger partial charge in [0.25, 0.3) is 0 Å². The number of likely N-dealkylation sites (tertiary alicyclic amines) is 1. The minimum Gasteiger partial charge on any atom is -0.361 e. The van der Waals surface area contributed by atoms with Gasteiger partial charge in [0.15, 0.2) is 0 Å². The summed E-state index contributed by atoms with van der Waals surface area (Å²) in [5.41, 5.74) is 4.02. The van der Waals surface area contributed by atoms with Gasteiger partial charge in [0.1, 0.15) is 0 Å². The third kappa shape index (κ3) is 4.55. The number of hydrogen-bond donors (Lipinski definition) is 2. The molecule has 1 aliphatic heterocycles. The Balaban J connectivity index is 1.25. The molecule has 0 atom stereocenters. The summed E-state index contributed by atoms with van der Waals surface area (Å²) in [6, 6.07) is 6.56. The number of benzene rings is 1. The molecule has 5 nitrogen and oxygen atoms in total. The van der Waals surface area contributed by atoms with Crippen LogP contribution in [0, 0.1) is 5.92 Å². The van der Waals surface area contributed by atoms with Crippen LogP contribution in [0.4, 0.5) is 0 Å². The highest BCUT2D eigenvalue weighted by atomic mass is 16.2. The average Bonchev–Trinajstić information content (AvgIpc) is 3.24. The standard InChI is InChI=1S/C25H35N3O2/c1-2-18-9-6-10-21-22(17-27-24(18)21)19-12-15-28(16-13-19)23(29)11-14-26-25(30)20-7-4-3-5-8-20/h6,9-10,17,19-20,27H,2-5,7-8,11-16H2,1H3,(H,26,30). The molecule has 2 amide bonds. The van der Waals surface area contributed by atoms with Crippen LogP contribution in [0.25, 0.3) is 10.9 Å². The van der Waals surface area contributed by atoms with Crippen LogP contribution >= 0.6 is 0 Å². The van der Waals surface area contributed by atoms with Gasteiger partial charge in [-0.1, -0.05) is 44.4 Å². The molecule has 162 valence electrons. The summed E-state index contributed by atoms with van der Waals surface area (Å²) in [7, 11) is 0. The van der Waals surface area contributed by atoms with Crippen molar-refractivity contribution in [3.8, 4) is 0 Å². The molecule has 1 aromatic heterocycles. The van der Waals surface area contributed by atoms with E-state index in [0.29, 0.717) is 18.9 Å². The van der Waals surface area contributed by atoms with Crippen molar-refractivity contribution in [1.29, 1.82) is 0 Å². The van der Waals surface area contributed by atoms with Crippen LogP contribution < -0.4 is 5.32 Å². The van der Waals surface area contributed by atoms with Crippen LogP contribution in [0.15, 0.2) is 24.4 Å². The Labute approximate surface area is 179 Å². The van der Waals surface area contributed by atoms with E-state index >= 15 is 0 Å². The molecular formula is C25H35N3O2. The first-order valence-corrected chi connectivity index (χ1v) is 11.8. The summed E-state index contributed by atoms with van der Waals surface area (Å²) in [5.74, 6) is 0.978. The first kappa shape index (κ1) is 21.0. The fourth-order valence-electron chi connectivity index (χ4n) is 5.27. The summed E-state index contributed by atoms with van der Waals surface area (Å²) in [4.78, 5) is 30.3. The van der Waals surface area contributed by atoms with Crippen LogP contribution in [0.2, 0.25) is 0 Å². The zero-order chi connectivity index (χ0) is 20.9. The lowest BCUT2D eigenvalue weighted by Gasteiger charge is -2.32. The van der Waals surface area contributed by atoms with Gasteiger partial charge in [-0.2, -0.15) is 0 Å². The van der Waals surface area contributed by atoms with Crippen LogP contribution in [0.1, 0.15) is 75.3 Å². The summed E-state index contributed by atoms with van der Waals surface area (Å²) in [6.07, 6.45) is 11.2. The molecule has 30 heavy (non-hydrogen) atoms. The Kier molecular flexibility index (Phi) is 6.76. The van der Waals surface area contributed by atoms with Gasteiger partial charge >= 0.3 is 0 Å². The van der Waals surface area contributed by atoms with Gasteiger partial charge in [-0.25, -0.2) is 0 Å². The molecule has 0 radical (unpaired) electrons. The number of rotatable bonds is 6. The van der Waals surface area contributed by atoms with E-state index in [1.807, 2.05) is 4.90 Å². The molecule has 0 unspecified atom stereocenters. The number of carbonyl (C=O) groups excluding carboxylic acids is 2. The van der Waals surface area contributed by atoms with Crippen molar-refractivity contribution in [3.63, 3.8) is 0 Å². The third-order valence-electron chi connectivity index (χ3n) is 7.12. The molecule has 2 aromatic rings. The van der Waals surface area contributed by atoms with Crippen molar-refractivity contribution in [3.05, 3.63) is 35.5 Å². The fraction of sp³-hybridized carbons (Fsp3) is 0.600. The molecule has 4 rings (SSSR count). The number of aryl methyl sites for hydroxylation is 1. The fourth-order valence-corrected chi connectivity index (χ4v) is 5.27. The largest absolute Gasteiger partial charge is 0.361 e. The number of nitrogens with zero attached hydrogens (tertiary/aromatic N) is 1. The smallest absolute Gasteiger partial charge is 0.224 e. The zero-order valence-electron chi connectivity index (χ0n) is 18.2. The van der Waals surface area contributed by atoms with Crippen molar-refractivity contribution in [2.45, 2.75) is 70.6 Å². The zero-order valence-corrected chi connectivity index (χ0v) is 18.2. The maximum atomic E-state index is 12.6. The molecule has 0 spiro atoms. The number of para-hydroxylation sites is 1. The summed E-state index contributed by atoms with van der Waals surface area (Å²) >= 11 is 0. The first-order valence-electron chi connectivity index (χ1n) is 11.8. The lowest BCUT2D eigenvalue weighted by molar-refractivity contribution is -0.132. The van der Waals surface area contributed by atoms with Crippen LogP contribution in [-0.4, -0.2) is 41.3 Å². The molecule has 2 heterocycles. The maximum Gasteiger partial charge on any atom is 0.224 e. The number of aromatic nitrogens is 1. The highest BCUT2D eigenvalue weighted by Crippen LogP contribution is 2.34. The van der Waals surface area contributed by atoms with E-state index in [0.717, 1.165) is 58.0 Å². The van der Waals surface area contributed by atoms with Crippen LogP contribution in [0.3, 0.4) is 0 Å². The summed E-state index contributed by atoms with van der Waals surface area (Å²) in [6.45, 7) is 4.27.